The molecule has 1 saturated heterocycles. The number of hydrogen-bond donors (Lipinski definition) is 1. The first-order valence-corrected chi connectivity index (χ1v) is 9.84. The largest absolute Gasteiger partial charge is 0.356 e. The van der Waals surface area contributed by atoms with Crippen LogP contribution in [0.2, 0.25) is 0 Å². The van der Waals surface area contributed by atoms with E-state index in [1.807, 2.05) is 18.9 Å². The molecule has 1 aliphatic carbocycles. The Morgan fingerprint density at radius 1 is 1.19 bits per heavy atom. The van der Waals surface area contributed by atoms with E-state index in [9.17, 15) is 0 Å². The normalized spacial score (nSPS) is 17.2. The van der Waals surface area contributed by atoms with Crippen LogP contribution in [-0.4, -0.2) is 35.5 Å². The predicted octanol–water partition coefficient (Wildman–Crippen LogP) is 3.85. The van der Waals surface area contributed by atoms with Gasteiger partial charge in [-0.15, -0.1) is 9.24 Å². The molecule has 2 heterocycles. The van der Waals surface area contributed by atoms with E-state index < -0.39 is 0 Å². The van der Waals surface area contributed by atoms with Gasteiger partial charge in [0, 0.05) is 25.7 Å². The minimum Gasteiger partial charge on any atom is -0.356 e. The van der Waals surface area contributed by atoms with Crippen molar-refractivity contribution in [3.05, 3.63) is 18.1 Å². The van der Waals surface area contributed by atoms with E-state index in [0.29, 0.717) is 0 Å². The molecular formula is C16H30N3PS. The molecule has 5 heteroatoms. The standard InChI is InChI=1S/C10H15N3S.C5H10.CH5P/c1-8-6-13(7-8)10-2-4-11-9(12-10)3-5-14;1-2-4-5-3-1;1-2/h2,4,8,14H,3,5-7H2,1H3;1-5H2;2H2,1H3. The number of rotatable bonds is 3. The summed E-state index contributed by atoms with van der Waals surface area (Å²) in [5.41, 5.74) is 0. The van der Waals surface area contributed by atoms with Crippen LogP contribution in [0, 0.1) is 5.92 Å². The van der Waals surface area contributed by atoms with Crippen LogP contribution in [0.4, 0.5) is 5.82 Å². The zero-order valence-corrected chi connectivity index (χ0v) is 15.5. The Bertz CT molecular complexity index is 372. The molecular weight excluding hydrogens is 297 g/mol. The van der Waals surface area contributed by atoms with Gasteiger partial charge in [0.15, 0.2) is 0 Å². The smallest absolute Gasteiger partial charge is 0.132 e. The lowest BCUT2D eigenvalue weighted by Crippen LogP contribution is -2.45. The molecule has 2 aliphatic rings. The van der Waals surface area contributed by atoms with E-state index in [4.69, 9.17) is 0 Å². The van der Waals surface area contributed by atoms with Gasteiger partial charge in [-0.2, -0.15) is 12.6 Å². The zero-order valence-electron chi connectivity index (χ0n) is 13.5. The van der Waals surface area contributed by atoms with Crippen LogP contribution < -0.4 is 4.90 Å². The molecule has 1 atom stereocenters. The third kappa shape index (κ3) is 6.97. The highest BCUT2D eigenvalue weighted by Gasteiger charge is 2.23. The highest BCUT2D eigenvalue weighted by molar-refractivity contribution is 7.80. The number of nitrogens with zero attached hydrogens (tertiary/aromatic N) is 3. The topological polar surface area (TPSA) is 29.0 Å². The summed E-state index contributed by atoms with van der Waals surface area (Å²) in [6.45, 7) is 6.42. The highest BCUT2D eigenvalue weighted by atomic mass is 32.1. The van der Waals surface area contributed by atoms with Crippen LogP contribution in [0.3, 0.4) is 0 Å². The summed E-state index contributed by atoms with van der Waals surface area (Å²) in [7, 11) is 2.42. The van der Waals surface area contributed by atoms with E-state index in [-0.39, 0.29) is 0 Å². The van der Waals surface area contributed by atoms with Crippen LogP contribution in [0.15, 0.2) is 12.3 Å². The maximum atomic E-state index is 4.48. The molecule has 1 aliphatic heterocycles. The number of thiol groups is 1. The van der Waals surface area contributed by atoms with Crippen molar-refractivity contribution in [3.8, 4) is 0 Å². The SMILES string of the molecule is C1CCCC1.CC1CN(c2ccnc(CCS)n2)C1.CP. The van der Waals surface area contributed by atoms with Crippen LogP contribution in [0.5, 0.6) is 0 Å². The minimum atomic E-state index is 0.804. The summed E-state index contributed by atoms with van der Waals surface area (Å²) in [6.07, 6.45) is 10.2. The molecule has 0 bridgehead atoms. The molecule has 120 valence electrons. The van der Waals surface area contributed by atoms with Crippen LogP contribution in [0.1, 0.15) is 44.9 Å². The fourth-order valence-electron chi connectivity index (χ4n) is 2.55. The Labute approximate surface area is 137 Å². The molecule has 1 aromatic rings. The Morgan fingerprint density at radius 3 is 2.24 bits per heavy atom. The second kappa shape index (κ2) is 11.3. The fourth-order valence-corrected chi connectivity index (χ4v) is 2.75. The van der Waals surface area contributed by atoms with Crippen LogP contribution >= 0.6 is 21.9 Å². The molecule has 21 heavy (non-hydrogen) atoms. The number of aromatic nitrogens is 2. The van der Waals surface area contributed by atoms with Gasteiger partial charge in [-0.1, -0.05) is 45.7 Å². The molecule has 0 N–H and O–H groups in total. The molecule has 0 spiro atoms. The highest BCUT2D eigenvalue weighted by Crippen LogP contribution is 2.21. The average Bonchev–Trinajstić information content (AvgIpc) is 3.06. The van der Waals surface area contributed by atoms with Crippen LogP contribution in [0.25, 0.3) is 0 Å². The summed E-state index contributed by atoms with van der Waals surface area (Å²) >= 11 is 4.18. The maximum Gasteiger partial charge on any atom is 0.132 e. The summed E-state index contributed by atoms with van der Waals surface area (Å²) < 4.78 is 0. The first-order valence-electron chi connectivity index (χ1n) is 8.05. The monoisotopic (exact) mass is 327 g/mol. The zero-order chi connectivity index (χ0) is 15.5. The van der Waals surface area contributed by atoms with Gasteiger partial charge in [0.25, 0.3) is 0 Å². The van der Waals surface area contributed by atoms with Gasteiger partial charge in [-0.25, -0.2) is 9.97 Å². The maximum absolute atomic E-state index is 4.48. The number of aryl methyl sites for hydroxylation is 1. The molecule has 0 amide bonds. The first kappa shape index (κ1) is 18.7. The van der Waals surface area contributed by atoms with Crippen molar-refractivity contribution in [2.24, 2.45) is 5.92 Å². The molecule has 0 aromatic carbocycles. The third-order valence-corrected chi connectivity index (χ3v) is 3.89. The van der Waals surface area contributed by atoms with Gasteiger partial charge in [-0.05, 0) is 17.7 Å². The number of anilines is 1. The fraction of sp³-hybridized carbons (Fsp3) is 0.750. The molecule has 0 radical (unpaired) electrons. The Morgan fingerprint density at radius 2 is 1.76 bits per heavy atom. The van der Waals surface area contributed by atoms with Crippen molar-refractivity contribution in [3.63, 3.8) is 0 Å². The van der Waals surface area contributed by atoms with Gasteiger partial charge in [0.1, 0.15) is 11.6 Å². The summed E-state index contributed by atoms with van der Waals surface area (Å²) in [5.74, 6) is 3.57. The van der Waals surface area contributed by atoms with Crippen molar-refractivity contribution in [2.45, 2.75) is 45.4 Å². The Balaban J connectivity index is 0.000000263. The summed E-state index contributed by atoms with van der Waals surface area (Å²) in [5, 5.41) is 0. The Kier molecular flexibility index (Phi) is 10.0. The number of hydrogen-bond acceptors (Lipinski definition) is 4. The lowest BCUT2D eigenvalue weighted by atomic mass is 10.0. The molecule has 3 nitrogen and oxygen atoms in total. The lowest BCUT2D eigenvalue weighted by Gasteiger charge is -2.38. The van der Waals surface area contributed by atoms with Gasteiger partial charge in [-0.3, -0.25) is 0 Å². The Hall–Kier alpha value is -0.340. The van der Waals surface area contributed by atoms with Crippen molar-refractivity contribution in [1.29, 1.82) is 0 Å². The second-order valence-corrected chi connectivity index (χ2v) is 6.03. The van der Waals surface area contributed by atoms with E-state index >= 15 is 0 Å². The second-order valence-electron chi connectivity index (χ2n) is 5.58. The van der Waals surface area contributed by atoms with Crippen molar-refractivity contribution >= 4 is 27.7 Å². The molecule has 1 aromatic heterocycles. The minimum absolute atomic E-state index is 0.804. The van der Waals surface area contributed by atoms with Crippen molar-refractivity contribution < 1.29 is 0 Å². The molecule has 2 fully saturated rings. The van der Waals surface area contributed by atoms with E-state index in [0.717, 1.165) is 42.8 Å². The van der Waals surface area contributed by atoms with Gasteiger partial charge >= 0.3 is 0 Å². The van der Waals surface area contributed by atoms with Crippen molar-refractivity contribution in [2.75, 3.05) is 30.4 Å². The van der Waals surface area contributed by atoms with E-state index in [2.05, 4.69) is 43.7 Å². The van der Waals surface area contributed by atoms with E-state index in [1.165, 1.54) is 32.1 Å². The summed E-state index contributed by atoms with van der Waals surface area (Å²) in [6, 6.07) is 1.98. The third-order valence-electron chi connectivity index (χ3n) is 3.66. The molecule has 1 saturated carbocycles. The average molecular weight is 327 g/mol. The van der Waals surface area contributed by atoms with Gasteiger partial charge < -0.3 is 4.90 Å². The van der Waals surface area contributed by atoms with Crippen molar-refractivity contribution in [1.82, 2.24) is 9.97 Å². The van der Waals surface area contributed by atoms with Gasteiger partial charge in [0.2, 0.25) is 0 Å². The first-order chi connectivity index (χ1) is 10.3. The summed E-state index contributed by atoms with van der Waals surface area (Å²) in [4.78, 5) is 11.0. The molecule has 1 unspecified atom stereocenters. The molecule has 3 rings (SSSR count). The lowest BCUT2D eigenvalue weighted by molar-refractivity contribution is 0.442. The quantitative estimate of drug-likeness (QED) is 0.675. The van der Waals surface area contributed by atoms with Gasteiger partial charge in [0.05, 0.1) is 0 Å². The van der Waals surface area contributed by atoms with Crippen LogP contribution in [-0.2, 0) is 6.42 Å². The van der Waals surface area contributed by atoms with E-state index in [1.54, 1.807) is 0 Å². The predicted molar refractivity (Wildman–Crippen MR) is 99.7 cm³/mol.